The Hall–Kier alpha value is -9.22. The molecular formula is C67H53BrN10O5S5. The Morgan fingerprint density at radius 3 is 0.920 bits per heavy atom. The summed E-state index contributed by atoms with van der Waals surface area (Å²) in [5.41, 5.74) is 16.0. The van der Waals surface area contributed by atoms with Gasteiger partial charge in [0, 0.05) is 89.7 Å². The van der Waals surface area contributed by atoms with Gasteiger partial charge in [0.2, 0.25) is 0 Å². The molecule has 438 valence electrons. The van der Waals surface area contributed by atoms with E-state index in [1.165, 1.54) is 55.8 Å². The van der Waals surface area contributed by atoms with Crippen LogP contribution in [0.3, 0.4) is 0 Å². The maximum atomic E-state index is 11.4. The summed E-state index contributed by atoms with van der Waals surface area (Å²) in [6, 6.07) is 54.7. The lowest BCUT2D eigenvalue weighted by atomic mass is 10.1. The predicted octanol–water partition coefficient (Wildman–Crippen LogP) is 15.0. The standard InChI is InChI=1S/2C14H12N2OS.C13H9BrN2OS.2C13H10N2OS/c1-9-3-5-11(6-4-9)12-8-18-14-15-13(17)7-10(2)16(12)14;1-9-8-12(17)15-14-16(9)13(10(2)18-14)11-6-4-3-5-7-11;1-8-6-12(17)15-13-16(8)11(7-18-13)9-2-4-10(14)5-3-9;2*1-9-7-12(16)14-13-15(9)11(8-17-13)10-5-3-2-4-6-10/h2*3-8H,1-2H3;2-7H,1H3;2*2-8H,1H3. The van der Waals surface area contributed by atoms with E-state index >= 15 is 0 Å². The van der Waals surface area contributed by atoms with Crippen molar-refractivity contribution in [3.8, 4) is 56.3 Å². The first-order valence-electron chi connectivity index (χ1n) is 27.4. The molecule has 15 aromatic rings. The fraction of sp³-hybridized carbons (Fsp3) is 0.104. The fourth-order valence-electron chi connectivity index (χ4n) is 9.95. The highest BCUT2D eigenvalue weighted by Crippen LogP contribution is 2.32. The van der Waals surface area contributed by atoms with E-state index in [0.29, 0.717) is 0 Å². The summed E-state index contributed by atoms with van der Waals surface area (Å²) in [6.07, 6.45) is 0. The third-order valence-corrected chi connectivity index (χ3v) is 18.7. The Balaban J connectivity index is 0.000000114. The molecule has 15 rings (SSSR count). The molecule has 5 aromatic carbocycles. The maximum absolute atomic E-state index is 11.4. The average Bonchev–Trinajstić information content (AvgIpc) is 2.02. The molecule has 21 heteroatoms. The number of benzene rings is 5. The zero-order chi connectivity index (χ0) is 61.8. The number of rotatable bonds is 5. The molecule has 0 aliphatic carbocycles. The summed E-state index contributed by atoms with van der Waals surface area (Å²) in [5, 5.41) is 8.13. The van der Waals surface area contributed by atoms with Crippen LogP contribution < -0.4 is 27.8 Å². The fourth-order valence-corrected chi connectivity index (χ4v) is 15.1. The predicted molar refractivity (Wildman–Crippen MR) is 365 cm³/mol. The molecule has 15 nitrogen and oxygen atoms in total. The van der Waals surface area contributed by atoms with Crippen LogP contribution in [-0.4, -0.2) is 46.9 Å². The zero-order valence-electron chi connectivity index (χ0n) is 48.4. The van der Waals surface area contributed by atoms with Crippen LogP contribution in [0.25, 0.3) is 81.1 Å². The van der Waals surface area contributed by atoms with Crippen molar-refractivity contribution in [2.75, 3.05) is 0 Å². The van der Waals surface area contributed by atoms with Crippen molar-refractivity contribution in [3.63, 3.8) is 0 Å². The van der Waals surface area contributed by atoms with Crippen LogP contribution in [0.1, 0.15) is 38.9 Å². The van der Waals surface area contributed by atoms with Gasteiger partial charge in [0.05, 0.1) is 28.5 Å². The van der Waals surface area contributed by atoms with Gasteiger partial charge in [0.15, 0.2) is 24.8 Å². The molecule has 0 atom stereocenters. The van der Waals surface area contributed by atoms with E-state index < -0.39 is 0 Å². The number of fused-ring (bicyclic) bond motifs is 5. The van der Waals surface area contributed by atoms with Crippen LogP contribution >= 0.6 is 72.6 Å². The molecule has 0 unspecified atom stereocenters. The van der Waals surface area contributed by atoms with Crippen molar-refractivity contribution in [1.82, 2.24) is 46.9 Å². The molecule has 10 heterocycles. The molecule has 0 saturated carbocycles. The monoisotopic (exact) mass is 1320 g/mol. The van der Waals surface area contributed by atoms with Gasteiger partial charge in [0.1, 0.15) is 0 Å². The quantitative estimate of drug-likeness (QED) is 0.161. The molecule has 10 aromatic heterocycles. The van der Waals surface area contributed by atoms with Gasteiger partial charge in [-0.3, -0.25) is 46.0 Å². The van der Waals surface area contributed by atoms with Crippen LogP contribution in [0.4, 0.5) is 0 Å². The van der Waals surface area contributed by atoms with Crippen LogP contribution in [0.5, 0.6) is 0 Å². The highest BCUT2D eigenvalue weighted by molar-refractivity contribution is 9.10. The maximum Gasteiger partial charge on any atom is 0.274 e. The van der Waals surface area contributed by atoms with Gasteiger partial charge in [-0.05, 0) is 88.4 Å². The molecule has 0 bridgehead atoms. The van der Waals surface area contributed by atoms with Crippen molar-refractivity contribution in [1.29, 1.82) is 0 Å². The van der Waals surface area contributed by atoms with Crippen molar-refractivity contribution < 1.29 is 0 Å². The van der Waals surface area contributed by atoms with E-state index in [-0.39, 0.29) is 27.8 Å². The lowest BCUT2D eigenvalue weighted by Gasteiger charge is -2.05. The summed E-state index contributed by atoms with van der Waals surface area (Å²) < 4.78 is 11.2. The number of aromatic nitrogens is 10. The summed E-state index contributed by atoms with van der Waals surface area (Å²) in [5.74, 6) is 0. The van der Waals surface area contributed by atoms with Crippen molar-refractivity contribution in [2.45, 2.75) is 48.5 Å². The van der Waals surface area contributed by atoms with E-state index in [2.05, 4.69) is 120 Å². The van der Waals surface area contributed by atoms with Crippen LogP contribution in [0.15, 0.2) is 220 Å². The molecule has 0 aliphatic heterocycles. The van der Waals surface area contributed by atoms with Gasteiger partial charge in [0.25, 0.3) is 27.8 Å². The van der Waals surface area contributed by atoms with Gasteiger partial charge in [-0.15, -0.1) is 56.7 Å². The highest BCUT2D eigenvalue weighted by Gasteiger charge is 2.15. The minimum Gasteiger partial charge on any atom is -0.289 e. The average molecular weight is 1320 g/mol. The number of thiazole rings is 5. The largest absolute Gasteiger partial charge is 0.289 e. The SMILES string of the molecule is Cc1cc(=O)nc2scc(-c3ccc(Br)cc3)n12.Cc1cc(=O)nc2scc(-c3ccccc3)n12.Cc1cc(=O)nc2scc(-c3ccccc3)n12.Cc1ccc(-c2csc3nc(=O)cc(C)n23)cc1.Cc1sc2nc(=O)cc(C)n2c1-c1ccccc1. The first kappa shape index (κ1) is 60.5. The van der Waals surface area contributed by atoms with E-state index in [4.69, 9.17) is 0 Å². The molecule has 0 fully saturated rings. The Bertz CT molecular complexity index is 5050. The van der Waals surface area contributed by atoms with Crippen LogP contribution in [0, 0.1) is 48.5 Å². The van der Waals surface area contributed by atoms with Crippen molar-refractivity contribution in [3.05, 3.63) is 287 Å². The second kappa shape index (κ2) is 26.4. The molecule has 0 radical (unpaired) electrons. The first-order chi connectivity index (χ1) is 42.5. The highest BCUT2D eigenvalue weighted by atomic mass is 79.9. The Labute approximate surface area is 531 Å². The van der Waals surface area contributed by atoms with Gasteiger partial charge in [-0.2, -0.15) is 24.9 Å². The van der Waals surface area contributed by atoms with Gasteiger partial charge in [-0.1, -0.05) is 149 Å². The van der Waals surface area contributed by atoms with Gasteiger partial charge < -0.3 is 0 Å². The smallest absolute Gasteiger partial charge is 0.274 e. The normalized spacial score (nSPS) is 11.0. The lowest BCUT2D eigenvalue weighted by molar-refractivity contribution is 1.04. The number of halogens is 1. The number of hydrogen-bond donors (Lipinski definition) is 0. The second-order valence-corrected chi connectivity index (χ2v) is 25.7. The minimum absolute atomic E-state index is 0.173. The van der Waals surface area contributed by atoms with Crippen molar-refractivity contribution in [2.24, 2.45) is 0 Å². The summed E-state index contributed by atoms with van der Waals surface area (Å²) in [4.78, 5) is 81.9. The summed E-state index contributed by atoms with van der Waals surface area (Å²) in [6.45, 7) is 13.8. The van der Waals surface area contributed by atoms with Crippen LogP contribution in [0.2, 0.25) is 0 Å². The Kier molecular flexibility index (Phi) is 18.1. The van der Waals surface area contributed by atoms with E-state index in [1.54, 1.807) is 41.7 Å². The number of hydrogen-bond acceptors (Lipinski definition) is 15. The molecule has 0 saturated heterocycles. The van der Waals surface area contributed by atoms with Gasteiger partial charge in [-0.25, -0.2) is 0 Å². The molecule has 0 N–H and O–H groups in total. The topological polar surface area (TPSA) is 172 Å². The van der Waals surface area contributed by atoms with Crippen LogP contribution in [-0.2, 0) is 0 Å². The lowest BCUT2D eigenvalue weighted by Crippen LogP contribution is -2.08. The second-order valence-electron chi connectivity index (χ2n) is 20.2. The number of aryl methyl sites for hydroxylation is 7. The molecular weight excluding hydrogens is 1270 g/mol. The van der Waals surface area contributed by atoms with Gasteiger partial charge >= 0.3 is 0 Å². The first-order valence-corrected chi connectivity index (χ1v) is 32.5. The zero-order valence-corrected chi connectivity index (χ0v) is 54.1. The molecule has 88 heavy (non-hydrogen) atoms. The van der Waals surface area contributed by atoms with E-state index in [0.717, 1.165) is 114 Å². The minimum atomic E-state index is -0.184. The Morgan fingerprint density at radius 2 is 0.591 bits per heavy atom. The third-order valence-electron chi connectivity index (χ3n) is 14.0. The molecule has 0 amide bonds. The molecule has 0 spiro atoms. The number of nitrogens with zero attached hydrogens (tertiary/aromatic N) is 10. The van der Waals surface area contributed by atoms with E-state index in [9.17, 15) is 24.0 Å². The van der Waals surface area contributed by atoms with E-state index in [1.807, 2.05) is 153 Å². The third kappa shape index (κ3) is 13.2. The summed E-state index contributed by atoms with van der Waals surface area (Å²) in [7, 11) is 0. The Morgan fingerprint density at radius 1 is 0.318 bits per heavy atom. The summed E-state index contributed by atoms with van der Waals surface area (Å²) >= 11 is 10.9. The molecule has 0 aliphatic rings. The van der Waals surface area contributed by atoms with Crippen molar-refractivity contribution >= 4 is 97.4 Å².